The van der Waals surface area contributed by atoms with Gasteiger partial charge in [0.25, 0.3) is 0 Å². The number of amides is 1. The highest BCUT2D eigenvalue weighted by Gasteiger charge is 2.72. The van der Waals surface area contributed by atoms with E-state index in [4.69, 9.17) is 0 Å². The Hall–Kier alpha value is -1.93. The van der Waals surface area contributed by atoms with E-state index in [0.717, 1.165) is 63.4 Å². The van der Waals surface area contributed by atoms with Crippen LogP contribution in [0, 0.1) is 56.7 Å². The van der Waals surface area contributed by atoms with E-state index in [1.165, 1.54) is 4.90 Å². The zero-order valence-corrected chi connectivity index (χ0v) is 28.5. The minimum Gasteiger partial charge on any atom is -0.480 e. The number of allylic oxidation sites excluding steroid dienone is 1. The number of carboxylic acid groups (broad SMARTS) is 2. The van der Waals surface area contributed by atoms with E-state index in [1.807, 2.05) is 0 Å². The number of rotatable bonds is 6. The van der Waals surface area contributed by atoms with Crippen LogP contribution in [0.15, 0.2) is 12.2 Å². The number of carboxylic acids is 2. The minimum atomic E-state index is -1.35. The maximum Gasteiger partial charge on any atom is 0.341 e. The number of aliphatic hydroxyl groups excluding tert-OH is 1. The molecule has 12 atom stereocenters. The third-order valence-corrected chi connectivity index (χ3v) is 15.9. The third-order valence-electron chi connectivity index (χ3n) is 15.9. The monoisotopic (exact) mass is 626 g/mol. The Morgan fingerprint density at radius 2 is 1.56 bits per heavy atom. The Morgan fingerprint density at radius 1 is 0.844 bits per heavy atom. The van der Waals surface area contributed by atoms with Crippen molar-refractivity contribution in [2.24, 2.45) is 56.7 Å². The summed E-state index contributed by atoms with van der Waals surface area (Å²) in [5.74, 6) is -0.768. The van der Waals surface area contributed by atoms with Gasteiger partial charge in [-0.15, -0.1) is 0 Å². The molecule has 1 heterocycles. The quantitative estimate of drug-likeness (QED) is 0.263. The molecule has 4 N–H and O–H groups in total. The fraction of sp³-hybridized carbons (Fsp3) is 0.865. The topological polar surface area (TPSA) is 127 Å². The summed E-state index contributed by atoms with van der Waals surface area (Å²) in [7, 11) is 0. The first kappa shape index (κ1) is 33.0. The van der Waals surface area contributed by atoms with Crippen LogP contribution < -0.4 is 5.32 Å². The normalized spacial score (nSPS) is 47.8. The summed E-state index contributed by atoms with van der Waals surface area (Å²) in [6.45, 7) is 19.0. The molecule has 1 unspecified atom stereocenters. The van der Waals surface area contributed by atoms with E-state index in [0.29, 0.717) is 43.6 Å². The second-order valence-electron chi connectivity index (χ2n) is 17.7. The molecule has 0 aromatic heterocycles. The largest absolute Gasteiger partial charge is 0.480 e. The summed E-state index contributed by atoms with van der Waals surface area (Å²) in [5, 5.41) is 34.0. The van der Waals surface area contributed by atoms with Crippen molar-refractivity contribution in [1.82, 2.24) is 10.2 Å². The molecule has 0 aromatic rings. The number of fused-ring (bicyclic) bond motifs is 7. The van der Waals surface area contributed by atoms with Crippen molar-refractivity contribution in [3.8, 4) is 0 Å². The lowest BCUT2D eigenvalue weighted by Gasteiger charge is -2.72. The fourth-order valence-corrected chi connectivity index (χ4v) is 13.4. The molecule has 1 saturated heterocycles. The highest BCUT2D eigenvalue weighted by Crippen LogP contribution is 2.77. The molecule has 1 aliphatic heterocycles. The fourth-order valence-electron chi connectivity index (χ4n) is 13.4. The van der Waals surface area contributed by atoms with Gasteiger partial charge in [0.15, 0.2) is 6.17 Å². The summed E-state index contributed by atoms with van der Waals surface area (Å²) in [5.41, 5.74) is 0.651. The molecule has 8 heteroatoms. The van der Waals surface area contributed by atoms with E-state index in [1.54, 1.807) is 0 Å². The first-order valence-corrected chi connectivity index (χ1v) is 17.8. The van der Waals surface area contributed by atoms with Crippen LogP contribution in [0.2, 0.25) is 0 Å². The van der Waals surface area contributed by atoms with Crippen molar-refractivity contribution in [3.05, 3.63) is 12.2 Å². The van der Waals surface area contributed by atoms with Crippen molar-refractivity contribution in [3.63, 3.8) is 0 Å². The molecule has 1 amide bonds. The second-order valence-corrected chi connectivity index (χ2v) is 17.7. The Morgan fingerprint density at radius 3 is 2.20 bits per heavy atom. The van der Waals surface area contributed by atoms with Crippen molar-refractivity contribution >= 4 is 17.8 Å². The number of hydrogen-bond donors (Lipinski definition) is 4. The van der Waals surface area contributed by atoms with Gasteiger partial charge in [-0.05, 0) is 135 Å². The predicted octanol–water partition coefficient (Wildman–Crippen LogP) is 6.08. The smallest absolute Gasteiger partial charge is 0.341 e. The van der Waals surface area contributed by atoms with Gasteiger partial charge in [-0.3, -0.25) is 14.5 Å². The van der Waals surface area contributed by atoms with Crippen molar-refractivity contribution in [2.45, 2.75) is 137 Å². The molecule has 8 nitrogen and oxygen atoms in total. The Labute approximate surface area is 269 Å². The first-order chi connectivity index (χ1) is 21.0. The number of nitrogens with zero attached hydrogens (tertiary/aromatic N) is 1. The van der Waals surface area contributed by atoms with Gasteiger partial charge in [0.2, 0.25) is 5.91 Å². The van der Waals surface area contributed by atoms with Crippen molar-refractivity contribution < 1.29 is 29.7 Å². The molecule has 0 radical (unpaired) electrons. The van der Waals surface area contributed by atoms with Crippen molar-refractivity contribution in [1.29, 1.82) is 0 Å². The van der Waals surface area contributed by atoms with Crippen LogP contribution in [-0.2, 0) is 14.4 Å². The number of aliphatic hydroxyl groups is 1. The van der Waals surface area contributed by atoms with E-state index in [9.17, 15) is 29.7 Å². The lowest BCUT2D eigenvalue weighted by atomic mass is 9.32. The third kappa shape index (κ3) is 4.46. The zero-order valence-electron chi connectivity index (χ0n) is 28.5. The maximum atomic E-state index is 14.6. The number of carbonyl (C=O) groups is 3. The van der Waals surface area contributed by atoms with Crippen LogP contribution in [0.5, 0.6) is 0 Å². The van der Waals surface area contributed by atoms with Gasteiger partial charge in [-0.2, -0.15) is 0 Å². The number of likely N-dealkylation sites (tertiary alicyclic amines) is 1. The van der Waals surface area contributed by atoms with Crippen LogP contribution in [0.1, 0.15) is 119 Å². The molecule has 5 saturated carbocycles. The van der Waals surface area contributed by atoms with Gasteiger partial charge in [0.1, 0.15) is 6.04 Å². The molecular weight excluding hydrogens is 568 g/mol. The van der Waals surface area contributed by atoms with Gasteiger partial charge >= 0.3 is 11.9 Å². The molecule has 6 rings (SSSR count). The van der Waals surface area contributed by atoms with Crippen LogP contribution in [0.4, 0.5) is 0 Å². The van der Waals surface area contributed by atoms with Crippen molar-refractivity contribution in [2.75, 3.05) is 6.54 Å². The zero-order chi connectivity index (χ0) is 32.9. The van der Waals surface area contributed by atoms with Gasteiger partial charge in [-0.25, -0.2) is 4.79 Å². The predicted molar refractivity (Wildman–Crippen MR) is 172 cm³/mol. The van der Waals surface area contributed by atoms with Crippen LogP contribution >= 0.6 is 0 Å². The number of hydrogen-bond acceptors (Lipinski definition) is 5. The SMILES string of the molecule is C=C(C)[C@@H]1CC[C@]2(C(=O)N[C@H](C(=O)O)N3CCCC3C(=O)O)CC[C@]3(C)[C@H](CC[C@@H]4[C@@]5(C)CC[C@H](O)C(C)(C)[C@@H]5CC[C@]43C)[C@@H]12. The molecule has 0 bridgehead atoms. The molecule has 6 fully saturated rings. The van der Waals surface area contributed by atoms with E-state index in [-0.39, 0.29) is 45.5 Å². The molecular formula is C37H58N2O6. The second kappa shape index (κ2) is 10.8. The Balaban J connectivity index is 1.34. The average Bonchev–Trinajstić information content (AvgIpc) is 3.60. The molecule has 252 valence electrons. The molecule has 0 spiro atoms. The summed E-state index contributed by atoms with van der Waals surface area (Å²) in [6.07, 6.45) is 9.00. The van der Waals surface area contributed by atoms with Gasteiger partial charge in [0.05, 0.1) is 11.5 Å². The average molecular weight is 627 g/mol. The highest BCUT2D eigenvalue weighted by atomic mass is 16.4. The van der Waals surface area contributed by atoms with Gasteiger partial charge < -0.3 is 20.6 Å². The summed E-state index contributed by atoms with van der Waals surface area (Å²) >= 11 is 0. The molecule has 45 heavy (non-hydrogen) atoms. The molecule has 0 aromatic carbocycles. The summed E-state index contributed by atoms with van der Waals surface area (Å²) in [4.78, 5) is 40.6. The number of aliphatic carboxylic acids is 2. The van der Waals surface area contributed by atoms with Gasteiger partial charge in [-0.1, -0.05) is 46.8 Å². The Bertz CT molecular complexity index is 1270. The molecule has 5 aliphatic carbocycles. The van der Waals surface area contributed by atoms with E-state index in [2.05, 4.69) is 53.4 Å². The van der Waals surface area contributed by atoms with Gasteiger partial charge in [0, 0.05) is 6.54 Å². The van der Waals surface area contributed by atoms with E-state index < -0.39 is 29.6 Å². The lowest BCUT2D eigenvalue weighted by Crippen LogP contribution is -2.68. The highest BCUT2D eigenvalue weighted by molar-refractivity contribution is 5.88. The van der Waals surface area contributed by atoms with Crippen LogP contribution in [-0.4, -0.2) is 62.9 Å². The standard InChI is InChI=1S/C37H58N2O6/c1-21(2)22-12-17-37(32(45)38-29(31(43)44)39-20-8-9-24(39)30(41)42)19-18-35(6)23(28(22)37)10-11-26-34(5)15-14-27(40)33(3,4)25(34)13-16-36(26,35)7/h22-29,40H,1,8-20H2,2-7H3,(H,38,45)(H,41,42)(H,43,44)/t22-,23+,24?,25-,26+,27-,28+,29-,34-,35+,36+,37-/m0/s1. The summed E-state index contributed by atoms with van der Waals surface area (Å²) in [6, 6.07) is -0.904. The van der Waals surface area contributed by atoms with E-state index >= 15 is 0 Å². The van der Waals surface area contributed by atoms with Crippen LogP contribution in [0.3, 0.4) is 0 Å². The Kier molecular flexibility index (Phi) is 7.92. The number of carbonyl (C=O) groups excluding carboxylic acids is 1. The molecule has 6 aliphatic rings. The first-order valence-electron chi connectivity index (χ1n) is 17.8. The van der Waals surface area contributed by atoms with Crippen LogP contribution in [0.25, 0.3) is 0 Å². The lowest BCUT2D eigenvalue weighted by molar-refractivity contribution is -0.246. The number of nitrogens with one attached hydrogen (secondary N) is 1. The maximum absolute atomic E-state index is 14.6. The minimum absolute atomic E-state index is 0.0339. The summed E-state index contributed by atoms with van der Waals surface area (Å²) < 4.78 is 0.